The minimum Gasteiger partial charge on any atom is -0.359 e. The molecule has 0 amide bonds. The van der Waals surface area contributed by atoms with Crippen LogP contribution in [0.15, 0.2) is 12.4 Å². The third kappa shape index (κ3) is 2.05. The zero-order valence-corrected chi connectivity index (χ0v) is 8.95. The zero-order valence-electron chi connectivity index (χ0n) is 7.31. The summed E-state index contributed by atoms with van der Waals surface area (Å²) in [5.74, 6) is 0. The van der Waals surface area contributed by atoms with Crippen LogP contribution in [0.5, 0.6) is 0 Å². The molecule has 0 bridgehead atoms. The normalized spacial score (nSPS) is 10.3. The number of aromatic nitrogens is 2. The van der Waals surface area contributed by atoms with E-state index in [1.807, 2.05) is 26.2 Å². The van der Waals surface area contributed by atoms with Crippen LogP contribution in [0.2, 0.25) is 0 Å². The number of aryl methyl sites for hydroxylation is 2. The predicted molar refractivity (Wildman–Crippen MR) is 56.4 cm³/mol. The number of hydrogen-bond donors (Lipinski definition) is 0. The molecule has 0 atom stereocenters. The molecule has 0 saturated heterocycles. The Bertz CT molecular complexity index is 367. The number of rotatable bonds is 2. The highest BCUT2D eigenvalue weighted by molar-refractivity contribution is 7.18. The maximum atomic E-state index is 4.30. The average molecular weight is 210 g/mol. The van der Waals surface area contributed by atoms with Gasteiger partial charge in [0.1, 0.15) is 0 Å². The molecule has 5 heteroatoms. The van der Waals surface area contributed by atoms with Crippen molar-refractivity contribution in [3.8, 4) is 0 Å². The molecule has 0 aliphatic carbocycles. The van der Waals surface area contributed by atoms with E-state index in [1.165, 1.54) is 9.75 Å². The number of thiazole rings is 2. The molecule has 0 N–H and O–H groups in total. The Balaban J connectivity index is 2.14. The smallest absolute Gasteiger partial charge is 0.0666 e. The Labute approximate surface area is 84.5 Å². The van der Waals surface area contributed by atoms with Crippen molar-refractivity contribution in [3.63, 3.8) is 0 Å². The van der Waals surface area contributed by atoms with Gasteiger partial charge < -0.3 is 15.3 Å². The summed E-state index contributed by atoms with van der Waals surface area (Å²) in [6, 6.07) is 0. The van der Waals surface area contributed by atoms with Crippen LogP contribution in [0, 0.1) is 13.8 Å². The summed E-state index contributed by atoms with van der Waals surface area (Å²) in [6.45, 7) is 4.04. The summed E-state index contributed by atoms with van der Waals surface area (Å²) in [7, 11) is 0. The molecule has 0 unspecified atom stereocenters. The van der Waals surface area contributed by atoms with Gasteiger partial charge in [0.25, 0.3) is 0 Å². The third-order valence-corrected chi connectivity index (χ3v) is 3.02. The minimum absolute atomic E-state index is 0.784. The molecule has 2 aromatic rings. The first kappa shape index (κ1) is 8.65. The molecule has 2 heterocycles. The monoisotopic (exact) mass is 210 g/mol. The van der Waals surface area contributed by atoms with E-state index in [0.717, 1.165) is 10.3 Å². The Hall–Kier alpha value is -0.940. The van der Waals surface area contributed by atoms with Gasteiger partial charge in [-0.15, -0.1) is 22.7 Å². The zero-order chi connectivity index (χ0) is 9.26. The topological polar surface area (TPSA) is 39.9 Å². The molecule has 13 heavy (non-hydrogen) atoms. The van der Waals surface area contributed by atoms with Gasteiger partial charge in [-0.05, 0) is 26.2 Å². The fourth-order valence-electron chi connectivity index (χ4n) is 0.871. The molecule has 0 saturated carbocycles. The van der Waals surface area contributed by atoms with E-state index in [2.05, 4.69) is 15.3 Å². The summed E-state index contributed by atoms with van der Waals surface area (Å²) in [5.41, 5.74) is 0. The molecule has 2 aromatic heterocycles. The van der Waals surface area contributed by atoms with Gasteiger partial charge in [-0.1, -0.05) is 0 Å². The first-order valence-electron chi connectivity index (χ1n) is 3.80. The fraction of sp³-hybridized carbons (Fsp3) is 0.250. The van der Waals surface area contributed by atoms with E-state index < -0.39 is 0 Å². The molecule has 3 nitrogen and oxygen atoms in total. The van der Waals surface area contributed by atoms with Gasteiger partial charge in [0.15, 0.2) is 0 Å². The van der Waals surface area contributed by atoms with Crippen LogP contribution in [0.4, 0.5) is 10.3 Å². The van der Waals surface area contributed by atoms with E-state index in [0.29, 0.717) is 0 Å². The molecule has 2 rings (SSSR count). The highest BCUT2D eigenvalue weighted by Crippen LogP contribution is 2.35. The predicted octanol–water partition coefficient (Wildman–Crippen LogP) is 3.55. The van der Waals surface area contributed by atoms with Crippen LogP contribution in [0.25, 0.3) is 5.32 Å². The molecule has 0 spiro atoms. The van der Waals surface area contributed by atoms with Crippen molar-refractivity contribution in [1.29, 1.82) is 0 Å². The summed E-state index contributed by atoms with van der Waals surface area (Å²) in [5, 5.41) is 5.87. The molecule has 0 fully saturated rings. The average Bonchev–Trinajstić information content (AvgIpc) is 2.62. The summed E-state index contributed by atoms with van der Waals surface area (Å²) < 4.78 is 0. The van der Waals surface area contributed by atoms with Crippen molar-refractivity contribution in [2.75, 3.05) is 0 Å². The first-order chi connectivity index (χ1) is 6.24. The van der Waals surface area contributed by atoms with Gasteiger partial charge in [-0.3, -0.25) is 0 Å². The second kappa shape index (κ2) is 3.43. The lowest BCUT2D eigenvalue weighted by Gasteiger charge is -2.01. The van der Waals surface area contributed by atoms with Crippen LogP contribution in [-0.4, -0.2) is 9.97 Å². The quantitative estimate of drug-likeness (QED) is 0.760. The van der Waals surface area contributed by atoms with E-state index in [9.17, 15) is 0 Å². The second-order valence-corrected chi connectivity index (χ2v) is 5.05. The molecule has 0 aliphatic rings. The van der Waals surface area contributed by atoms with Crippen LogP contribution < -0.4 is 0 Å². The molecule has 0 aromatic carbocycles. The summed E-state index contributed by atoms with van der Waals surface area (Å²) >= 11 is 3.16. The molecular formula is C8H8N3S2-. The van der Waals surface area contributed by atoms with E-state index >= 15 is 0 Å². The summed E-state index contributed by atoms with van der Waals surface area (Å²) in [6.07, 6.45) is 3.65. The van der Waals surface area contributed by atoms with E-state index in [-0.39, 0.29) is 0 Å². The fourth-order valence-corrected chi connectivity index (χ4v) is 2.19. The van der Waals surface area contributed by atoms with Gasteiger partial charge in [0.2, 0.25) is 0 Å². The Kier molecular flexibility index (Phi) is 2.28. The second-order valence-electron chi connectivity index (χ2n) is 2.62. The highest BCUT2D eigenvalue weighted by atomic mass is 32.1. The van der Waals surface area contributed by atoms with Crippen LogP contribution in [0.3, 0.4) is 0 Å². The van der Waals surface area contributed by atoms with Crippen molar-refractivity contribution >= 4 is 32.9 Å². The summed E-state index contributed by atoms with van der Waals surface area (Å²) in [4.78, 5) is 10.6. The Morgan fingerprint density at radius 1 is 1.00 bits per heavy atom. The lowest BCUT2D eigenvalue weighted by Crippen LogP contribution is -1.62. The van der Waals surface area contributed by atoms with Crippen molar-refractivity contribution in [2.24, 2.45) is 0 Å². The SMILES string of the molecule is Cc1cnc([N-]c2ncc(C)s2)s1. The Morgan fingerprint density at radius 2 is 1.46 bits per heavy atom. The van der Waals surface area contributed by atoms with Gasteiger partial charge in [0, 0.05) is 9.75 Å². The van der Waals surface area contributed by atoms with Crippen LogP contribution in [-0.2, 0) is 0 Å². The van der Waals surface area contributed by atoms with Gasteiger partial charge in [0.05, 0.1) is 10.3 Å². The largest absolute Gasteiger partial charge is 0.359 e. The minimum atomic E-state index is 0.784. The molecule has 68 valence electrons. The van der Waals surface area contributed by atoms with Gasteiger partial charge in [-0.25, -0.2) is 0 Å². The van der Waals surface area contributed by atoms with Crippen molar-refractivity contribution in [1.82, 2.24) is 9.97 Å². The first-order valence-corrected chi connectivity index (χ1v) is 5.44. The lowest BCUT2D eigenvalue weighted by molar-refractivity contribution is 1.36. The number of hydrogen-bond acceptors (Lipinski definition) is 4. The van der Waals surface area contributed by atoms with Crippen LogP contribution >= 0.6 is 22.7 Å². The molecule has 0 aliphatic heterocycles. The number of nitrogens with zero attached hydrogens (tertiary/aromatic N) is 3. The standard InChI is InChI=1S/C8H8N3S2/c1-5-3-9-7(12-5)11-8-10-4-6(2)13-8/h3-4H,1-2H3/q-1. The molecule has 0 radical (unpaired) electrons. The third-order valence-electron chi connectivity index (χ3n) is 1.41. The van der Waals surface area contributed by atoms with Crippen LogP contribution in [0.1, 0.15) is 9.75 Å². The van der Waals surface area contributed by atoms with Crippen molar-refractivity contribution in [2.45, 2.75) is 13.8 Å². The maximum Gasteiger partial charge on any atom is 0.0666 e. The van der Waals surface area contributed by atoms with E-state index in [1.54, 1.807) is 22.7 Å². The van der Waals surface area contributed by atoms with Gasteiger partial charge >= 0.3 is 0 Å². The van der Waals surface area contributed by atoms with Crippen molar-refractivity contribution < 1.29 is 0 Å². The lowest BCUT2D eigenvalue weighted by atomic mass is 10.6. The highest BCUT2D eigenvalue weighted by Gasteiger charge is 1.94. The Morgan fingerprint density at radius 3 is 1.77 bits per heavy atom. The van der Waals surface area contributed by atoms with E-state index in [4.69, 9.17) is 0 Å². The molecular weight excluding hydrogens is 202 g/mol. The van der Waals surface area contributed by atoms with Crippen molar-refractivity contribution in [3.05, 3.63) is 27.5 Å². The maximum absolute atomic E-state index is 4.30. The van der Waals surface area contributed by atoms with Gasteiger partial charge in [-0.2, -0.15) is 0 Å².